The number of fused-ring (bicyclic) bond motifs is 1. The van der Waals surface area contributed by atoms with Crippen LogP contribution in [0.5, 0.6) is 0 Å². The molecule has 2 heterocycles. The molecule has 0 fully saturated rings. The zero-order valence-electron chi connectivity index (χ0n) is 13.4. The van der Waals surface area contributed by atoms with E-state index >= 15 is 0 Å². The molecule has 0 radical (unpaired) electrons. The molecule has 4 rings (SSSR count). The highest BCUT2D eigenvalue weighted by atomic mass is 35.5. The second kappa shape index (κ2) is 6.90. The third-order valence-corrected chi connectivity index (χ3v) is 4.93. The van der Waals surface area contributed by atoms with Crippen molar-refractivity contribution >= 4 is 40.7 Å². The molecular formula is C19H16Cl2N4. The van der Waals surface area contributed by atoms with Gasteiger partial charge >= 0.3 is 0 Å². The third kappa shape index (κ3) is 3.41. The van der Waals surface area contributed by atoms with Crippen LogP contribution < -0.4 is 10.2 Å². The van der Waals surface area contributed by atoms with Gasteiger partial charge < -0.3 is 10.2 Å². The van der Waals surface area contributed by atoms with Gasteiger partial charge in [-0.25, -0.2) is 4.98 Å². The number of para-hydroxylation sites is 1. The number of hydrogen-bond acceptors (Lipinski definition) is 4. The van der Waals surface area contributed by atoms with Crippen molar-refractivity contribution in [3.05, 3.63) is 75.9 Å². The van der Waals surface area contributed by atoms with Gasteiger partial charge in [0.15, 0.2) is 0 Å². The molecule has 126 valence electrons. The van der Waals surface area contributed by atoms with Crippen molar-refractivity contribution < 1.29 is 0 Å². The Balaban J connectivity index is 1.58. The lowest BCUT2D eigenvalue weighted by atomic mass is 10.00. The highest BCUT2D eigenvalue weighted by molar-refractivity contribution is 6.39. The first-order valence-electron chi connectivity index (χ1n) is 8.06. The van der Waals surface area contributed by atoms with Gasteiger partial charge in [-0.3, -0.25) is 0 Å². The van der Waals surface area contributed by atoms with Gasteiger partial charge in [0.05, 0.1) is 15.7 Å². The Hall–Kier alpha value is -2.30. The third-order valence-electron chi connectivity index (χ3n) is 4.30. The van der Waals surface area contributed by atoms with Gasteiger partial charge in [-0.1, -0.05) is 53.5 Å². The Morgan fingerprint density at radius 1 is 0.920 bits per heavy atom. The molecule has 1 aliphatic rings. The number of benzene rings is 2. The number of hydrogen-bond donors (Lipinski definition) is 1. The Kier molecular flexibility index (Phi) is 4.47. The van der Waals surface area contributed by atoms with Crippen molar-refractivity contribution in [1.29, 1.82) is 0 Å². The fourth-order valence-corrected chi connectivity index (χ4v) is 3.50. The normalized spacial score (nSPS) is 13.4. The zero-order chi connectivity index (χ0) is 17.2. The zero-order valence-corrected chi connectivity index (χ0v) is 14.9. The fourth-order valence-electron chi connectivity index (χ4n) is 3.01. The van der Waals surface area contributed by atoms with Crippen LogP contribution in [-0.2, 0) is 13.0 Å². The second-order valence-corrected chi connectivity index (χ2v) is 6.71. The number of rotatable bonds is 3. The van der Waals surface area contributed by atoms with E-state index in [1.165, 1.54) is 11.1 Å². The van der Waals surface area contributed by atoms with Crippen LogP contribution in [0, 0.1) is 0 Å². The lowest BCUT2D eigenvalue weighted by molar-refractivity contribution is 0.720. The average molecular weight is 371 g/mol. The monoisotopic (exact) mass is 370 g/mol. The predicted octanol–water partition coefficient (Wildman–Crippen LogP) is 5.09. The second-order valence-electron chi connectivity index (χ2n) is 5.90. The summed E-state index contributed by atoms with van der Waals surface area (Å²) in [5.41, 5.74) is 3.37. The predicted molar refractivity (Wildman–Crippen MR) is 103 cm³/mol. The molecule has 1 N–H and O–H groups in total. The quantitative estimate of drug-likeness (QED) is 0.696. The first-order valence-corrected chi connectivity index (χ1v) is 8.82. The Morgan fingerprint density at radius 3 is 2.48 bits per heavy atom. The van der Waals surface area contributed by atoms with Gasteiger partial charge in [-0.2, -0.15) is 4.98 Å². The minimum atomic E-state index is 0.478. The molecule has 0 spiro atoms. The summed E-state index contributed by atoms with van der Waals surface area (Å²) in [4.78, 5) is 11.2. The molecule has 1 aromatic heterocycles. The van der Waals surface area contributed by atoms with Crippen molar-refractivity contribution in [1.82, 2.24) is 9.97 Å². The minimum Gasteiger partial charge on any atom is -0.352 e. The van der Waals surface area contributed by atoms with Gasteiger partial charge in [-0.15, -0.1) is 0 Å². The summed E-state index contributed by atoms with van der Waals surface area (Å²) in [6.45, 7) is 1.78. The summed E-state index contributed by atoms with van der Waals surface area (Å²) >= 11 is 12.4. The summed E-state index contributed by atoms with van der Waals surface area (Å²) < 4.78 is 0. The van der Waals surface area contributed by atoms with Crippen LogP contribution in [0.15, 0.2) is 54.7 Å². The minimum absolute atomic E-state index is 0.478. The van der Waals surface area contributed by atoms with E-state index in [1.54, 1.807) is 24.4 Å². The lowest BCUT2D eigenvalue weighted by Gasteiger charge is -2.29. The van der Waals surface area contributed by atoms with Crippen LogP contribution >= 0.6 is 23.2 Å². The molecule has 0 amide bonds. The lowest BCUT2D eigenvalue weighted by Crippen LogP contribution is -2.31. The molecule has 25 heavy (non-hydrogen) atoms. The van der Waals surface area contributed by atoms with Gasteiger partial charge in [0.25, 0.3) is 0 Å². The van der Waals surface area contributed by atoms with Crippen LogP contribution in [0.25, 0.3) is 0 Å². The van der Waals surface area contributed by atoms with Crippen LogP contribution in [0.3, 0.4) is 0 Å². The van der Waals surface area contributed by atoms with E-state index in [4.69, 9.17) is 23.2 Å². The molecule has 0 saturated carbocycles. The van der Waals surface area contributed by atoms with Crippen molar-refractivity contribution in [2.24, 2.45) is 0 Å². The maximum Gasteiger partial charge on any atom is 0.229 e. The summed E-state index contributed by atoms with van der Waals surface area (Å²) in [7, 11) is 0. The Labute approximate surface area is 156 Å². The molecule has 0 bridgehead atoms. The molecular weight excluding hydrogens is 355 g/mol. The van der Waals surface area contributed by atoms with E-state index in [-0.39, 0.29) is 0 Å². The van der Waals surface area contributed by atoms with Crippen molar-refractivity contribution in [2.75, 3.05) is 16.8 Å². The van der Waals surface area contributed by atoms with Crippen molar-refractivity contribution in [3.63, 3.8) is 0 Å². The summed E-state index contributed by atoms with van der Waals surface area (Å²) in [5, 5.41) is 4.20. The number of nitrogens with zero attached hydrogens (tertiary/aromatic N) is 3. The maximum atomic E-state index is 6.21. The summed E-state index contributed by atoms with van der Waals surface area (Å²) in [6.07, 6.45) is 2.76. The first-order chi connectivity index (χ1) is 12.2. The molecule has 0 unspecified atom stereocenters. The van der Waals surface area contributed by atoms with E-state index in [1.807, 2.05) is 6.07 Å². The van der Waals surface area contributed by atoms with E-state index < -0.39 is 0 Å². The topological polar surface area (TPSA) is 41.1 Å². The standard InChI is InChI=1S/C19H16Cl2N4/c20-15-6-3-7-16(21)18(15)24-19-22-10-8-17(23-19)25-11-9-13-4-1-2-5-14(13)12-25/h1-8,10H,9,11-12H2,(H,22,23,24). The number of halogens is 2. The van der Waals surface area contributed by atoms with E-state index in [9.17, 15) is 0 Å². The number of nitrogens with one attached hydrogen (secondary N) is 1. The SMILES string of the molecule is Clc1cccc(Cl)c1Nc1nccc(N2CCc3ccccc3C2)n1. The molecule has 0 aliphatic carbocycles. The van der Waals surface area contributed by atoms with Crippen molar-refractivity contribution in [3.8, 4) is 0 Å². The first kappa shape index (κ1) is 16.2. The van der Waals surface area contributed by atoms with E-state index in [0.717, 1.165) is 25.3 Å². The van der Waals surface area contributed by atoms with E-state index in [0.29, 0.717) is 21.7 Å². The van der Waals surface area contributed by atoms with Crippen LogP contribution in [0.4, 0.5) is 17.5 Å². The Morgan fingerprint density at radius 2 is 1.68 bits per heavy atom. The average Bonchev–Trinajstić information content (AvgIpc) is 2.65. The highest BCUT2D eigenvalue weighted by Gasteiger charge is 2.17. The number of aromatic nitrogens is 2. The van der Waals surface area contributed by atoms with E-state index in [2.05, 4.69) is 44.5 Å². The van der Waals surface area contributed by atoms with Crippen LogP contribution in [-0.4, -0.2) is 16.5 Å². The maximum absolute atomic E-state index is 6.21. The van der Waals surface area contributed by atoms with Gasteiger partial charge in [-0.05, 0) is 35.7 Å². The summed E-state index contributed by atoms with van der Waals surface area (Å²) in [6, 6.07) is 15.8. The fraction of sp³-hybridized carbons (Fsp3) is 0.158. The molecule has 3 aromatic rings. The molecule has 2 aromatic carbocycles. The number of anilines is 3. The molecule has 0 saturated heterocycles. The van der Waals surface area contributed by atoms with Crippen LogP contribution in [0.1, 0.15) is 11.1 Å². The largest absolute Gasteiger partial charge is 0.352 e. The van der Waals surface area contributed by atoms with Gasteiger partial charge in [0, 0.05) is 19.3 Å². The molecule has 6 heteroatoms. The van der Waals surface area contributed by atoms with Crippen molar-refractivity contribution in [2.45, 2.75) is 13.0 Å². The van der Waals surface area contributed by atoms with Gasteiger partial charge in [0.2, 0.25) is 5.95 Å². The smallest absolute Gasteiger partial charge is 0.229 e. The van der Waals surface area contributed by atoms with Gasteiger partial charge in [0.1, 0.15) is 5.82 Å². The van der Waals surface area contributed by atoms with Crippen LogP contribution in [0.2, 0.25) is 10.0 Å². The Bertz CT molecular complexity index is 893. The summed E-state index contributed by atoms with van der Waals surface area (Å²) in [5.74, 6) is 1.36. The highest BCUT2D eigenvalue weighted by Crippen LogP contribution is 2.32. The molecule has 4 nitrogen and oxygen atoms in total. The molecule has 1 aliphatic heterocycles. The molecule has 0 atom stereocenters.